The normalized spacial score (nSPS) is 12.1. The van der Waals surface area contributed by atoms with E-state index in [1.54, 1.807) is 0 Å². The Labute approximate surface area is 627 Å². The highest BCUT2D eigenvalue weighted by molar-refractivity contribution is 7.26. The van der Waals surface area contributed by atoms with Gasteiger partial charge in [-0.3, -0.25) is 9.47 Å². The summed E-state index contributed by atoms with van der Waals surface area (Å²) in [6, 6.07) is 140. The monoisotopic (exact) mass is 1390 g/mol. The lowest BCUT2D eigenvalue weighted by atomic mass is 9.97. The summed E-state index contributed by atoms with van der Waals surface area (Å²) >= 11 is 1.85. The van der Waals surface area contributed by atoms with Crippen LogP contribution in [0.25, 0.3) is 181 Å². The van der Waals surface area contributed by atoms with Crippen LogP contribution in [0.3, 0.4) is 0 Å². The molecule has 0 N–H and O–H groups in total. The van der Waals surface area contributed by atoms with Crippen LogP contribution in [0.1, 0.15) is 0 Å². The average Bonchev–Trinajstić information content (AvgIpc) is 1.42. The lowest BCUT2D eigenvalue weighted by Gasteiger charge is -2.35. The highest BCUT2D eigenvalue weighted by atomic mass is 32.1. The third-order valence-corrected chi connectivity index (χ3v) is 23.2. The Morgan fingerprint density at radius 1 is 0.231 bits per heavy atom. The van der Waals surface area contributed by atoms with Gasteiger partial charge in [-0.1, -0.05) is 279 Å². The minimum absolute atomic E-state index is 0.707. The molecule has 0 unspecified atom stereocenters. The van der Waals surface area contributed by atoms with E-state index in [1.807, 2.05) is 11.3 Å². The fourth-order valence-corrected chi connectivity index (χ4v) is 18.3. The van der Waals surface area contributed by atoms with Gasteiger partial charge >= 0.3 is 0 Å². The molecule has 1 aliphatic heterocycles. The van der Waals surface area contributed by atoms with E-state index in [-0.39, 0.29) is 0 Å². The zero-order valence-electron chi connectivity index (χ0n) is 58.4. The van der Waals surface area contributed by atoms with Crippen LogP contribution >= 0.6 is 11.3 Å². The predicted molar refractivity (Wildman–Crippen MR) is 453 cm³/mol. The molecule has 0 spiro atoms. The molecule has 0 bridgehead atoms. The standard InChI is InChI=1S/C101H63N5OS/c1-7-26-64(27-8-1)70-46-52-85-79(58-70)80-59-71(65-28-9-2-10-29-65)47-53-86(80)103(85)97-96(78-40-25-39-77-76-38-19-24-45-95(76)108-99(77)78)98(104-87-54-48-72(66-30-11-3-12-31-66)60-81(87)82-61-73(49-55-88(82)104)67-32-13-4-14-33-67)101(106-91-41-20-22-43-93(91)107-94-44-23-21-42-92(94)106)102-100(97)105-89-56-50-74(68-34-15-5-16-35-68)62-83(89)84-63-75(51-57-90(84)105)69-36-17-6-18-37-69/h1-63H. The molecule has 21 aromatic rings. The van der Waals surface area contributed by atoms with E-state index in [9.17, 15) is 0 Å². The summed E-state index contributed by atoms with van der Waals surface area (Å²) in [5.41, 5.74) is 25.3. The Balaban J connectivity index is 1.00. The summed E-state index contributed by atoms with van der Waals surface area (Å²) in [6.07, 6.45) is 0. The number of benzene rings is 16. The van der Waals surface area contributed by atoms with Crippen molar-refractivity contribution in [2.75, 3.05) is 4.90 Å². The number of rotatable bonds is 11. The fourth-order valence-electron chi connectivity index (χ4n) is 17.1. The average molecular weight is 1390 g/mol. The van der Waals surface area contributed by atoms with Crippen LogP contribution in [0, 0.1) is 0 Å². The van der Waals surface area contributed by atoms with E-state index in [0.29, 0.717) is 5.82 Å². The molecule has 0 fully saturated rings. The Morgan fingerprint density at radius 2 is 0.537 bits per heavy atom. The van der Waals surface area contributed by atoms with Gasteiger partial charge < -0.3 is 13.9 Å². The molecule has 16 aromatic carbocycles. The fraction of sp³-hybridized carbons (Fsp3) is 0. The second-order valence-corrected chi connectivity index (χ2v) is 29.1. The summed E-state index contributed by atoms with van der Waals surface area (Å²) in [5.74, 6) is 2.88. The molecule has 0 amide bonds. The zero-order chi connectivity index (χ0) is 70.9. The van der Waals surface area contributed by atoms with Gasteiger partial charge in [0, 0.05) is 63.6 Å². The smallest absolute Gasteiger partial charge is 0.165 e. The van der Waals surface area contributed by atoms with Gasteiger partial charge in [-0.25, -0.2) is 4.98 Å². The number of thiophene rings is 1. The van der Waals surface area contributed by atoms with E-state index in [1.165, 1.54) is 15.5 Å². The minimum Gasteiger partial charge on any atom is -0.453 e. The van der Waals surface area contributed by atoms with Crippen molar-refractivity contribution < 1.29 is 4.74 Å². The quantitative estimate of drug-likeness (QED) is 0.130. The molecule has 0 radical (unpaired) electrons. The van der Waals surface area contributed by atoms with Gasteiger partial charge in [0.25, 0.3) is 0 Å². The first-order valence-corrected chi connectivity index (χ1v) is 37.6. The first-order valence-electron chi connectivity index (χ1n) is 36.8. The van der Waals surface area contributed by atoms with Crippen molar-refractivity contribution in [1.29, 1.82) is 0 Å². The first-order chi connectivity index (χ1) is 53.6. The molecular formula is C101H63N5OS. The maximum Gasteiger partial charge on any atom is 0.165 e. The van der Waals surface area contributed by atoms with Crippen molar-refractivity contribution in [3.8, 4) is 107 Å². The summed E-state index contributed by atoms with van der Waals surface area (Å²) in [5, 5.41) is 9.04. The third-order valence-electron chi connectivity index (χ3n) is 22.0. The van der Waals surface area contributed by atoms with Crippen LogP contribution in [-0.2, 0) is 0 Å². The molecule has 0 atom stereocenters. The van der Waals surface area contributed by atoms with Crippen LogP contribution in [-0.4, -0.2) is 18.7 Å². The molecule has 5 aromatic heterocycles. The van der Waals surface area contributed by atoms with Gasteiger partial charge in [0.15, 0.2) is 23.1 Å². The Bertz CT molecular complexity index is 6850. The lowest BCUT2D eigenvalue weighted by Crippen LogP contribution is -2.22. The summed E-state index contributed by atoms with van der Waals surface area (Å²) < 4.78 is 17.1. The van der Waals surface area contributed by atoms with Crippen LogP contribution in [0.4, 0.5) is 17.2 Å². The Morgan fingerprint density at radius 3 is 0.907 bits per heavy atom. The highest BCUT2D eigenvalue weighted by Crippen LogP contribution is 2.58. The van der Waals surface area contributed by atoms with E-state index in [2.05, 4.69) is 401 Å². The molecule has 1 aliphatic rings. The maximum absolute atomic E-state index is 7.11. The molecule has 6 nitrogen and oxygen atoms in total. The number of aromatic nitrogens is 4. The van der Waals surface area contributed by atoms with E-state index in [0.717, 1.165) is 188 Å². The van der Waals surface area contributed by atoms with Gasteiger partial charge in [-0.05, 0) is 170 Å². The number of hydrogen-bond acceptors (Lipinski definition) is 4. The number of ether oxygens (including phenoxy) is 1. The number of pyridine rings is 1. The van der Waals surface area contributed by atoms with Crippen molar-refractivity contribution in [3.05, 3.63) is 382 Å². The van der Waals surface area contributed by atoms with Crippen molar-refractivity contribution in [1.82, 2.24) is 18.7 Å². The van der Waals surface area contributed by atoms with Gasteiger partial charge in [0.1, 0.15) is 11.4 Å². The highest BCUT2D eigenvalue weighted by Gasteiger charge is 2.37. The van der Waals surface area contributed by atoms with E-state index >= 15 is 0 Å². The van der Waals surface area contributed by atoms with Crippen molar-refractivity contribution in [2.45, 2.75) is 0 Å². The van der Waals surface area contributed by atoms with Crippen LogP contribution in [0.2, 0.25) is 0 Å². The first kappa shape index (κ1) is 61.4. The molecule has 0 saturated carbocycles. The lowest BCUT2D eigenvalue weighted by molar-refractivity contribution is 0.476. The van der Waals surface area contributed by atoms with E-state index < -0.39 is 0 Å². The molecule has 22 rings (SSSR count). The summed E-state index contributed by atoms with van der Waals surface area (Å²) in [7, 11) is 0. The van der Waals surface area contributed by atoms with Gasteiger partial charge in [-0.2, -0.15) is 0 Å². The van der Waals surface area contributed by atoms with Gasteiger partial charge in [-0.15, -0.1) is 11.3 Å². The molecule has 504 valence electrons. The summed E-state index contributed by atoms with van der Waals surface area (Å²) in [4.78, 5) is 9.20. The second-order valence-electron chi connectivity index (χ2n) is 28.1. The molecule has 7 heteroatoms. The van der Waals surface area contributed by atoms with Crippen molar-refractivity contribution in [2.24, 2.45) is 0 Å². The van der Waals surface area contributed by atoms with Crippen LogP contribution in [0.5, 0.6) is 11.5 Å². The number of hydrogen-bond donors (Lipinski definition) is 0. The molecular weight excluding hydrogens is 1330 g/mol. The number of para-hydroxylation sites is 4. The third kappa shape index (κ3) is 9.76. The van der Waals surface area contributed by atoms with Crippen molar-refractivity contribution >= 4 is 114 Å². The second kappa shape index (κ2) is 24.8. The van der Waals surface area contributed by atoms with E-state index in [4.69, 9.17) is 9.72 Å². The van der Waals surface area contributed by atoms with Gasteiger partial charge in [0.2, 0.25) is 0 Å². The number of nitrogens with zero attached hydrogens (tertiary/aromatic N) is 5. The SMILES string of the molecule is c1ccc(-c2ccc3c(c2)c2cc(-c4ccccc4)ccc2n3-c2nc(N3c4ccccc4Oc4ccccc43)c(-n3c4ccc(-c5ccccc5)cc4c4cc(-c5ccccc5)ccc43)c(-c3cccc4c3sc3ccccc34)c2-n2c3ccc(-c4ccccc4)cc3c3cc(-c4ccccc4)ccc32)cc1. The molecule has 0 aliphatic carbocycles. The topological polar surface area (TPSA) is 40.1 Å². The van der Waals surface area contributed by atoms with Crippen LogP contribution < -0.4 is 9.64 Å². The maximum atomic E-state index is 7.11. The largest absolute Gasteiger partial charge is 0.453 e. The number of anilines is 3. The molecule has 108 heavy (non-hydrogen) atoms. The van der Waals surface area contributed by atoms with Crippen LogP contribution in [0.15, 0.2) is 382 Å². The minimum atomic E-state index is 0.707. The number of fused-ring (bicyclic) bond motifs is 14. The van der Waals surface area contributed by atoms with Gasteiger partial charge in [0.05, 0.1) is 44.5 Å². The molecule has 0 saturated heterocycles. The molecule has 6 heterocycles. The Kier molecular flexibility index (Phi) is 14.1. The summed E-state index contributed by atoms with van der Waals surface area (Å²) in [6.45, 7) is 0. The predicted octanol–water partition coefficient (Wildman–Crippen LogP) is 28.0. The Hall–Kier alpha value is -14.1. The van der Waals surface area contributed by atoms with Crippen molar-refractivity contribution in [3.63, 3.8) is 0 Å². The zero-order valence-corrected chi connectivity index (χ0v) is 59.2.